The Balaban J connectivity index is 3.19. The molecule has 0 aromatic heterocycles. The standard InChI is InChI=1S/C19H30O3/c1-12(2)21-16-10-14(5)9-15(6)18(16)19(7,8)11-17(20)22-13(3)4/h9-10,12-13H,11H2,1-8H3. The maximum absolute atomic E-state index is 12.1. The summed E-state index contributed by atoms with van der Waals surface area (Å²) in [5.41, 5.74) is 3.07. The van der Waals surface area contributed by atoms with Gasteiger partial charge in [-0.2, -0.15) is 0 Å². The Morgan fingerprint density at radius 3 is 2.18 bits per heavy atom. The summed E-state index contributed by atoms with van der Waals surface area (Å²) in [6.07, 6.45) is 0.343. The SMILES string of the molecule is Cc1cc(C)c(C(C)(C)CC(=O)OC(C)C)c(OC(C)C)c1. The van der Waals surface area contributed by atoms with Gasteiger partial charge in [-0.25, -0.2) is 0 Å². The van der Waals surface area contributed by atoms with Crippen LogP contribution in [0.2, 0.25) is 0 Å². The summed E-state index contributed by atoms with van der Waals surface area (Å²) in [6, 6.07) is 4.19. The van der Waals surface area contributed by atoms with Crippen LogP contribution in [0.15, 0.2) is 12.1 Å². The molecular formula is C19H30O3. The predicted molar refractivity (Wildman–Crippen MR) is 90.6 cm³/mol. The summed E-state index contributed by atoms with van der Waals surface area (Å²) in [7, 11) is 0. The molecule has 3 nitrogen and oxygen atoms in total. The first kappa shape index (κ1) is 18.5. The second-order valence-corrected chi connectivity index (χ2v) is 7.22. The van der Waals surface area contributed by atoms with Crippen molar-refractivity contribution in [1.29, 1.82) is 0 Å². The molecule has 1 aromatic carbocycles. The molecule has 22 heavy (non-hydrogen) atoms. The van der Waals surface area contributed by atoms with Gasteiger partial charge in [-0.05, 0) is 58.7 Å². The van der Waals surface area contributed by atoms with Crippen LogP contribution in [-0.2, 0) is 14.9 Å². The summed E-state index contributed by atoms with van der Waals surface area (Å²) in [6.45, 7) is 16.0. The van der Waals surface area contributed by atoms with Gasteiger partial charge in [-0.3, -0.25) is 4.79 Å². The fraction of sp³-hybridized carbons (Fsp3) is 0.632. The lowest BCUT2D eigenvalue weighted by Gasteiger charge is -2.30. The third-order valence-corrected chi connectivity index (χ3v) is 3.44. The van der Waals surface area contributed by atoms with Gasteiger partial charge in [-0.15, -0.1) is 0 Å². The lowest BCUT2D eigenvalue weighted by molar-refractivity contribution is -0.148. The van der Waals surface area contributed by atoms with Gasteiger partial charge < -0.3 is 9.47 Å². The highest BCUT2D eigenvalue weighted by Gasteiger charge is 2.30. The van der Waals surface area contributed by atoms with Gasteiger partial charge in [0.15, 0.2) is 0 Å². The molecule has 0 amide bonds. The molecular weight excluding hydrogens is 276 g/mol. The van der Waals surface area contributed by atoms with E-state index in [1.54, 1.807) is 0 Å². The van der Waals surface area contributed by atoms with E-state index in [1.165, 1.54) is 0 Å². The summed E-state index contributed by atoms with van der Waals surface area (Å²) in [4.78, 5) is 12.1. The minimum Gasteiger partial charge on any atom is -0.491 e. The van der Waals surface area contributed by atoms with Gasteiger partial charge in [0.25, 0.3) is 0 Å². The van der Waals surface area contributed by atoms with Gasteiger partial charge in [-0.1, -0.05) is 19.9 Å². The predicted octanol–water partition coefficient (Wildman–Crippen LogP) is 4.71. The lowest BCUT2D eigenvalue weighted by atomic mass is 9.78. The topological polar surface area (TPSA) is 35.5 Å². The first-order valence-corrected chi connectivity index (χ1v) is 8.00. The van der Waals surface area contributed by atoms with E-state index in [1.807, 2.05) is 27.7 Å². The van der Waals surface area contributed by atoms with Crippen molar-refractivity contribution in [3.05, 3.63) is 28.8 Å². The highest BCUT2D eigenvalue weighted by atomic mass is 16.5. The van der Waals surface area contributed by atoms with Crippen molar-refractivity contribution in [2.45, 2.75) is 79.4 Å². The molecule has 0 heterocycles. The zero-order chi connectivity index (χ0) is 17.1. The number of aryl methyl sites for hydroxylation is 2. The van der Waals surface area contributed by atoms with Crippen LogP contribution >= 0.6 is 0 Å². The highest BCUT2D eigenvalue weighted by Crippen LogP contribution is 2.38. The number of ether oxygens (including phenoxy) is 2. The molecule has 0 bridgehead atoms. The Hall–Kier alpha value is -1.51. The summed E-state index contributed by atoms with van der Waals surface area (Å²) in [5, 5.41) is 0. The molecule has 0 spiro atoms. The van der Waals surface area contributed by atoms with Crippen LogP contribution in [0.25, 0.3) is 0 Å². The molecule has 0 aliphatic carbocycles. The van der Waals surface area contributed by atoms with Crippen LogP contribution in [-0.4, -0.2) is 18.2 Å². The smallest absolute Gasteiger partial charge is 0.306 e. The van der Waals surface area contributed by atoms with E-state index in [4.69, 9.17) is 9.47 Å². The van der Waals surface area contributed by atoms with E-state index in [2.05, 4.69) is 39.8 Å². The molecule has 3 heteroatoms. The number of carbonyl (C=O) groups excluding carboxylic acids is 1. The third kappa shape index (κ3) is 5.04. The number of hydrogen-bond acceptors (Lipinski definition) is 3. The molecule has 0 aliphatic rings. The Kier molecular flexibility index (Phi) is 6.04. The third-order valence-electron chi connectivity index (χ3n) is 3.44. The summed E-state index contributed by atoms with van der Waals surface area (Å²) in [5.74, 6) is 0.699. The van der Waals surface area contributed by atoms with Crippen LogP contribution in [0.3, 0.4) is 0 Å². The van der Waals surface area contributed by atoms with Crippen LogP contribution in [0.1, 0.15) is 64.7 Å². The van der Waals surface area contributed by atoms with Crippen molar-refractivity contribution in [3.8, 4) is 5.75 Å². The van der Waals surface area contributed by atoms with Crippen LogP contribution in [0.4, 0.5) is 0 Å². The summed E-state index contributed by atoms with van der Waals surface area (Å²) >= 11 is 0. The Bertz CT molecular complexity index is 528. The highest BCUT2D eigenvalue weighted by molar-refractivity contribution is 5.72. The Morgan fingerprint density at radius 2 is 1.68 bits per heavy atom. The minimum atomic E-state index is -0.339. The molecule has 1 rings (SSSR count). The quantitative estimate of drug-likeness (QED) is 0.714. The average molecular weight is 306 g/mol. The molecule has 0 atom stereocenters. The van der Waals surface area contributed by atoms with Gasteiger partial charge in [0.05, 0.1) is 18.6 Å². The molecule has 0 N–H and O–H groups in total. The number of hydrogen-bond donors (Lipinski definition) is 0. The first-order valence-electron chi connectivity index (χ1n) is 8.00. The molecule has 0 saturated heterocycles. The van der Waals surface area contributed by atoms with Crippen LogP contribution in [0.5, 0.6) is 5.75 Å². The fourth-order valence-electron chi connectivity index (χ4n) is 2.90. The van der Waals surface area contributed by atoms with E-state index in [0.29, 0.717) is 6.42 Å². The number of esters is 1. The normalized spacial score (nSPS) is 11.9. The molecule has 1 aromatic rings. The van der Waals surface area contributed by atoms with Crippen molar-refractivity contribution < 1.29 is 14.3 Å². The monoisotopic (exact) mass is 306 g/mol. The van der Waals surface area contributed by atoms with Gasteiger partial charge in [0.1, 0.15) is 5.75 Å². The maximum atomic E-state index is 12.1. The van der Waals surface area contributed by atoms with E-state index < -0.39 is 0 Å². The average Bonchev–Trinajstić information content (AvgIpc) is 2.22. The van der Waals surface area contributed by atoms with Gasteiger partial charge >= 0.3 is 5.97 Å². The van der Waals surface area contributed by atoms with Gasteiger partial charge in [0.2, 0.25) is 0 Å². The second-order valence-electron chi connectivity index (χ2n) is 7.22. The van der Waals surface area contributed by atoms with Crippen molar-refractivity contribution >= 4 is 5.97 Å². The molecule has 0 saturated carbocycles. The van der Waals surface area contributed by atoms with E-state index in [0.717, 1.165) is 22.4 Å². The summed E-state index contributed by atoms with van der Waals surface area (Å²) < 4.78 is 11.3. The van der Waals surface area contributed by atoms with Crippen LogP contribution in [0, 0.1) is 13.8 Å². The van der Waals surface area contributed by atoms with Crippen molar-refractivity contribution in [2.24, 2.45) is 0 Å². The van der Waals surface area contributed by atoms with Crippen molar-refractivity contribution in [2.75, 3.05) is 0 Å². The Morgan fingerprint density at radius 1 is 1.09 bits per heavy atom. The van der Waals surface area contributed by atoms with Crippen molar-refractivity contribution in [1.82, 2.24) is 0 Å². The molecule has 0 fully saturated rings. The minimum absolute atomic E-state index is 0.0891. The van der Waals surface area contributed by atoms with Crippen LogP contribution < -0.4 is 4.74 Å². The largest absolute Gasteiger partial charge is 0.491 e. The number of benzene rings is 1. The van der Waals surface area contributed by atoms with Crippen molar-refractivity contribution in [3.63, 3.8) is 0 Å². The molecule has 0 unspecified atom stereocenters. The van der Waals surface area contributed by atoms with Gasteiger partial charge in [0, 0.05) is 11.0 Å². The van der Waals surface area contributed by atoms with E-state index in [-0.39, 0.29) is 23.6 Å². The Labute approximate surface area is 135 Å². The molecule has 0 aliphatic heterocycles. The number of carbonyl (C=O) groups is 1. The van der Waals surface area contributed by atoms with E-state index in [9.17, 15) is 4.79 Å². The zero-order valence-electron chi connectivity index (χ0n) is 15.2. The lowest BCUT2D eigenvalue weighted by Crippen LogP contribution is -2.27. The van der Waals surface area contributed by atoms with E-state index >= 15 is 0 Å². The fourth-order valence-corrected chi connectivity index (χ4v) is 2.90. The molecule has 0 radical (unpaired) electrons. The maximum Gasteiger partial charge on any atom is 0.306 e. The molecule has 124 valence electrons. The number of rotatable bonds is 6. The zero-order valence-corrected chi connectivity index (χ0v) is 15.2. The second kappa shape index (κ2) is 7.17. The first-order chi connectivity index (χ1) is 10.0.